The van der Waals surface area contributed by atoms with Crippen molar-refractivity contribution in [2.75, 3.05) is 13.1 Å². The summed E-state index contributed by atoms with van der Waals surface area (Å²) in [6.07, 6.45) is 0. The topological polar surface area (TPSA) is 190 Å². The van der Waals surface area contributed by atoms with E-state index in [1.54, 1.807) is 12.1 Å². The van der Waals surface area contributed by atoms with Gasteiger partial charge in [0.2, 0.25) is 20.0 Å². The predicted molar refractivity (Wildman–Crippen MR) is 133 cm³/mol. The number of rotatable bonds is 12. The molecule has 0 aliphatic carbocycles. The molecule has 0 radical (unpaired) electrons. The minimum Gasteiger partial charge on any atom is -0.508 e. The second-order valence-corrected chi connectivity index (χ2v) is 12.0. The lowest BCUT2D eigenvalue weighted by Crippen LogP contribution is -2.37. The summed E-state index contributed by atoms with van der Waals surface area (Å²) in [6, 6.07) is 15.0. The average Bonchev–Trinajstić information content (AvgIpc) is 2.84. The smallest absolute Gasteiger partial charge is 0.318 e. The van der Waals surface area contributed by atoms with Gasteiger partial charge in [-0.15, -0.1) is 0 Å². The zero-order valence-electron chi connectivity index (χ0n) is 19.7. The Morgan fingerprint density at radius 2 is 0.895 bits per heavy atom. The van der Waals surface area contributed by atoms with Crippen molar-refractivity contribution in [2.45, 2.75) is 22.9 Å². The second kappa shape index (κ2) is 11.6. The van der Waals surface area contributed by atoms with Gasteiger partial charge < -0.3 is 20.4 Å². The van der Waals surface area contributed by atoms with Crippen LogP contribution in [0, 0.1) is 0 Å². The van der Waals surface area contributed by atoms with Gasteiger partial charge in [-0.25, -0.2) is 16.8 Å². The number of carboxylic acids is 2. The molecule has 14 heteroatoms. The van der Waals surface area contributed by atoms with Crippen LogP contribution >= 0.6 is 0 Å². The average molecular weight is 565 g/mol. The summed E-state index contributed by atoms with van der Waals surface area (Å²) in [5.74, 6) is -3.25. The van der Waals surface area contributed by atoms with E-state index in [2.05, 4.69) is 0 Å². The van der Waals surface area contributed by atoms with Crippen LogP contribution in [0.1, 0.15) is 11.1 Å². The Balaban J connectivity index is 2.00. The Kier molecular flexibility index (Phi) is 8.73. The molecule has 3 aromatic rings. The third-order valence-electron chi connectivity index (χ3n) is 5.38. The summed E-state index contributed by atoms with van der Waals surface area (Å²) < 4.78 is 54.2. The van der Waals surface area contributed by atoms with Crippen molar-refractivity contribution < 1.29 is 46.9 Å². The van der Waals surface area contributed by atoms with Crippen LogP contribution in [0.2, 0.25) is 0 Å². The molecule has 0 aliphatic rings. The van der Waals surface area contributed by atoms with Crippen molar-refractivity contribution in [1.82, 2.24) is 8.61 Å². The minimum atomic E-state index is -4.36. The van der Waals surface area contributed by atoms with Crippen molar-refractivity contribution in [2.24, 2.45) is 0 Å². The third kappa shape index (κ3) is 6.86. The van der Waals surface area contributed by atoms with Gasteiger partial charge in [-0.05, 0) is 59.7 Å². The van der Waals surface area contributed by atoms with Crippen molar-refractivity contribution in [3.05, 3.63) is 83.9 Å². The fraction of sp³-hybridized carbons (Fsp3) is 0.167. The zero-order valence-corrected chi connectivity index (χ0v) is 21.3. The van der Waals surface area contributed by atoms with E-state index in [0.29, 0.717) is 8.61 Å². The number of benzene rings is 3. The molecule has 3 rings (SSSR count). The second-order valence-electron chi connectivity index (χ2n) is 8.09. The molecule has 0 unspecified atom stereocenters. The summed E-state index contributed by atoms with van der Waals surface area (Å²) in [6.45, 7) is -2.76. The lowest BCUT2D eigenvalue weighted by Gasteiger charge is -2.25. The van der Waals surface area contributed by atoms with E-state index in [-0.39, 0.29) is 32.4 Å². The molecular formula is C24H24N2O10S2. The van der Waals surface area contributed by atoms with Crippen LogP contribution in [0.25, 0.3) is 0 Å². The number of phenolic OH excluding ortho intramolecular Hbond substituents is 2. The summed E-state index contributed by atoms with van der Waals surface area (Å²) >= 11 is 0. The van der Waals surface area contributed by atoms with E-state index in [9.17, 15) is 46.9 Å². The van der Waals surface area contributed by atoms with E-state index in [1.165, 1.54) is 12.1 Å². The van der Waals surface area contributed by atoms with Crippen molar-refractivity contribution in [3.8, 4) is 11.5 Å². The number of sulfonamides is 2. The molecular weight excluding hydrogens is 540 g/mol. The van der Waals surface area contributed by atoms with E-state index < -0.39 is 58.2 Å². The highest BCUT2D eigenvalue weighted by atomic mass is 32.2. The lowest BCUT2D eigenvalue weighted by atomic mass is 10.1. The van der Waals surface area contributed by atoms with Gasteiger partial charge in [0.05, 0.1) is 9.79 Å². The first-order valence-corrected chi connectivity index (χ1v) is 13.8. The Bertz CT molecular complexity index is 1400. The highest BCUT2D eigenvalue weighted by Crippen LogP contribution is 2.25. The van der Waals surface area contributed by atoms with Crippen LogP contribution in [0.15, 0.2) is 82.6 Å². The first kappa shape index (κ1) is 28.6. The number of hydrogen-bond acceptors (Lipinski definition) is 8. The molecule has 0 fully saturated rings. The quantitative estimate of drug-likeness (QED) is 0.252. The maximum Gasteiger partial charge on any atom is 0.318 e. The largest absolute Gasteiger partial charge is 0.508 e. The Labute approximate surface area is 218 Å². The van der Waals surface area contributed by atoms with E-state index in [4.69, 9.17) is 0 Å². The first-order chi connectivity index (χ1) is 17.8. The van der Waals surface area contributed by atoms with Gasteiger partial charge in [0.1, 0.15) is 24.6 Å². The van der Waals surface area contributed by atoms with Crippen LogP contribution in [0.4, 0.5) is 0 Å². The summed E-state index contributed by atoms with van der Waals surface area (Å²) in [5.41, 5.74) is 0.486. The van der Waals surface area contributed by atoms with Gasteiger partial charge in [0.15, 0.2) is 0 Å². The van der Waals surface area contributed by atoms with Crippen LogP contribution in [0.5, 0.6) is 11.5 Å². The fourth-order valence-corrected chi connectivity index (χ4v) is 6.27. The van der Waals surface area contributed by atoms with Crippen molar-refractivity contribution >= 4 is 32.0 Å². The number of phenols is 2. The standard InChI is InChI=1S/C24H24N2O10S2/c27-19-5-9-21(10-6-19)37(33,34)25(15-23(29)30)13-17-3-1-2-4-18(17)14-26(16-24(31)32)38(35,36)22-11-7-20(28)8-12-22/h1-12,27-28H,13-16H2,(H,29,30)(H,31,32). The van der Waals surface area contributed by atoms with E-state index in [0.717, 1.165) is 48.5 Å². The normalized spacial score (nSPS) is 12.1. The number of aliphatic carboxylic acids is 2. The molecule has 38 heavy (non-hydrogen) atoms. The molecule has 12 nitrogen and oxygen atoms in total. The molecule has 0 aliphatic heterocycles. The van der Waals surface area contributed by atoms with Gasteiger partial charge in [-0.3, -0.25) is 9.59 Å². The highest BCUT2D eigenvalue weighted by Gasteiger charge is 2.30. The minimum absolute atomic E-state index is 0.188. The maximum absolute atomic E-state index is 13.2. The van der Waals surface area contributed by atoms with E-state index >= 15 is 0 Å². The lowest BCUT2D eigenvalue weighted by molar-refractivity contribution is -0.138. The maximum atomic E-state index is 13.2. The molecule has 0 saturated carbocycles. The number of aromatic hydroxyl groups is 2. The van der Waals surface area contributed by atoms with Gasteiger partial charge in [0.25, 0.3) is 0 Å². The van der Waals surface area contributed by atoms with Gasteiger partial charge in [0, 0.05) is 13.1 Å². The molecule has 0 amide bonds. The monoisotopic (exact) mass is 564 g/mol. The van der Waals surface area contributed by atoms with Crippen LogP contribution < -0.4 is 0 Å². The number of hydrogen-bond donors (Lipinski definition) is 4. The molecule has 0 spiro atoms. The van der Waals surface area contributed by atoms with Crippen LogP contribution in [-0.2, 0) is 42.7 Å². The molecule has 3 aromatic carbocycles. The number of nitrogens with zero attached hydrogens (tertiary/aromatic N) is 2. The molecule has 202 valence electrons. The molecule has 4 N–H and O–H groups in total. The molecule has 0 atom stereocenters. The Morgan fingerprint density at radius 3 is 1.18 bits per heavy atom. The first-order valence-electron chi connectivity index (χ1n) is 10.9. The Morgan fingerprint density at radius 1 is 0.579 bits per heavy atom. The van der Waals surface area contributed by atoms with Crippen molar-refractivity contribution in [3.63, 3.8) is 0 Å². The summed E-state index contributed by atoms with van der Waals surface area (Å²) in [7, 11) is -8.72. The SMILES string of the molecule is O=C(O)CN(Cc1ccccc1CN(CC(=O)O)S(=O)(=O)c1ccc(O)cc1)S(=O)(=O)c1ccc(O)cc1. The Hall–Kier alpha value is -3.98. The summed E-state index contributed by atoms with van der Waals surface area (Å²) in [5, 5.41) is 37.7. The van der Waals surface area contributed by atoms with Crippen LogP contribution in [0.3, 0.4) is 0 Å². The molecule has 0 bridgehead atoms. The molecule has 0 aromatic heterocycles. The zero-order chi connectivity index (χ0) is 28.1. The van der Waals surface area contributed by atoms with Crippen LogP contribution in [-0.4, -0.2) is 70.9 Å². The predicted octanol–water partition coefficient (Wildman–Crippen LogP) is 1.65. The molecule has 0 heterocycles. The van der Waals surface area contributed by atoms with Gasteiger partial charge in [-0.2, -0.15) is 8.61 Å². The number of carbonyl (C=O) groups is 2. The van der Waals surface area contributed by atoms with E-state index in [1.807, 2.05) is 0 Å². The fourth-order valence-electron chi connectivity index (χ4n) is 3.53. The number of carboxylic acid groups (broad SMARTS) is 2. The summed E-state index contributed by atoms with van der Waals surface area (Å²) in [4.78, 5) is 22.5. The highest BCUT2D eigenvalue weighted by molar-refractivity contribution is 7.89. The molecule has 0 saturated heterocycles. The van der Waals surface area contributed by atoms with Crippen molar-refractivity contribution in [1.29, 1.82) is 0 Å². The van der Waals surface area contributed by atoms with Gasteiger partial charge >= 0.3 is 11.9 Å². The van der Waals surface area contributed by atoms with Gasteiger partial charge in [-0.1, -0.05) is 24.3 Å². The third-order valence-corrected chi connectivity index (χ3v) is 9.00.